The van der Waals surface area contributed by atoms with Crippen LogP contribution in [0.2, 0.25) is 5.02 Å². The number of amides is 1. The van der Waals surface area contributed by atoms with E-state index in [0.29, 0.717) is 17.4 Å². The lowest BCUT2D eigenvalue weighted by Gasteiger charge is -2.27. The molecule has 5 nitrogen and oxygen atoms in total. The van der Waals surface area contributed by atoms with Crippen molar-refractivity contribution in [1.29, 1.82) is 0 Å². The molecule has 1 aliphatic rings. The van der Waals surface area contributed by atoms with E-state index in [9.17, 15) is 4.79 Å². The Labute approximate surface area is 130 Å². The fourth-order valence-electron chi connectivity index (χ4n) is 2.39. The first-order valence-electron chi connectivity index (χ1n) is 7.39. The summed E-state index contributed by atoms with van der Waals surface area (Å²) < 4.78 is 5.67. The molecule has 0 saturated carbocycles. The lowest BCUT2D eigenvalue weighted by Crippen LogP contribution is -2.37. The van der Waals surface area contributed by atoms with Crippen LogP contribution in [0.4, 0.5) is 5.82 Å². The largest absolute Gasteiger partial charge is 0.376 e. The van der Waals surface area contributed by atoms with E-state index in [1.54, 1.807) is 24.1 Å². The maximum absolute atomic E-state index is 12.5. The molecule has 1 aliphatic heterocycles. The number of nitrogens with zero attached hydrogens (tertiary/aromatic N) is 2. The Hall–Kier alpha value is -1.33. The van der Waals surface area contributed by atoms with Crippen molar-refractivity contribution in [3.63, 3.8) is 0 Å². The van der Waals surface area contributed by atoms with Crippen LogP contribution in [-0.2, 0) is 4.74 Å². The van der Waals surface area contributed by atoms with Crippen molar-refractivity contribution in [3.8, 4) is 0 Å². The highest BCUT2D eigenvalue weighted by molar-refractivity contribution is 6.33. The Morgan fingerprint density at radius 3 is 3.00 bits per heavy atom. The standard InChI is InChI=1S/C15H22ClN3O2/c1-3-17-13-8-7-12(16)14(18-13)15(20)19(2)10-11-6-4-5-9-21-11/h7-8,11H,3-6,9-10H2,1-2H3,(H,17,18). The number of carbonyl (C=O) groups excluding carboxylic acids is 1. The Morgan fingerprint density at radius 1 is 1.52 bits per heavy atom. The number of anilines is 1. The maximum atomic E-state index is 12.5. The van der Waals surface area contributed by atoms with Gasteiger partial charge in [0.25, 0.3) is 5.91 Å². The summed E-state index contributed by atoms with van der Waals surface area (Å²) in [4.78, 5) is 18.4. The molecule has 1 amide bonds. The van der Waals surface area contributed by atoms with Crippen LogP contribution in [0, 0.1) is 0 Å². The first-order valence-corrected chi connectivity index (χ1v) is 7.77. The number of ether oxygens (including phenoxy) is 1. The van der Waals surface area contributed by atoms with E-state index in [1.165, 1.54) is 0 Å². The van der Waals surface area contributed by atoms with Crippen molar-refractivity contribution in [3.05, 3.63) is 22.8 Å². The van der Waals surface area contributed by atoms with Gasteiger partial charge in [0, 0.05) is 26.7 Å². The molecule has 1 aromatic heterocycles. The van der Waals surface area contributed by atoms with Crippen LogP contribution >= 0.6 is 11.6 Å². The van der Waals surface area contributed by atoms with Crippen molar-refractivity contribution in [2.24, 2.45) is 0 Å². The molecule has 0 aromatic carbocycles. The number of nitrogens with one attached hydrogen (secondary N) is 1. The second kappa shape index (κ2) is 7.61. The smallest absolute Gasteiger partial charge is 0.273 e. The second-order valence-corrected chi connectivity index (χ2v) is 5.64. The summed E-state index contributed by atoms with van der Waals surface area (Å²) in [7, 11) is 1.76. The molecule has 116 valence electrons. The predicted molar refractivity (Wildman–Crippen MR) is 84.0 cm³/mol. The van der Waals surface area contributed by atoms with Gasteiger partial charge in [-0.2, -0.15) is 0 Å². The van der Waals surface area contributed by atoms with Crippen LogP contribution in [0.15, 0.2) is 12.1 Å². The molecule has 2 heterocycles. The van der Waals surface area contributed by atoms with Gasteiger partial charge in [0.2, 0.25) is 0 Å². The molecule has 0 aliphatic carbocycles. The fraction of sp³-hybridized carbons (Fsp3) is 0.600. The Kier molecular flexibility index (Phi) is 5.82. The van der Waals surface area contributed by atoms with E-state index >= 15 is 0 Å². The molecule has 1 aromatic rings. The van der Waals surface area contributed by atoms with Crippen molar-refractivity contribution >= 4 is 23.3 Å². The number of aromatic nitrogens is 1. The zero-order valence-corrected chi connectivity index (χ0v) is 13.3. The van der Waals surface area contributed by atoms with E-state index in [0.717, 1.165) is 32.4 Å². The average Bonchev–Trinajstić information content (AvgIpc) is 2.50. The lowest BCUT2D eigenvalue weighted by atomic mass is 10.1. The number of pyridine rings is 1. The predicted octanol–water partition coefficient (Wildman–Crippen LogP) is 2.81. The quantitative estimate of drug-likeness (QED) is 0.908. The highest BCUT2D eigenvalue weighted by Crippen LogP contribution is 2.19. The topological polar surface area (TPSA) is 54.5 Å². The van der Waals surface area contributed by atoms with Gasteiger partial charge in [-0.15, -0.1) is 0 Å². The molecule has 1 N–H and O–H groups in total. The van der Waals surface area contributed by atoms with Crippen molar-refractivity contribution < 1.29 is 9.53 Å². The molecule has 0 spiro atoms. The van der Waals surface area contributed by atoms with Gasteiger partial charge in [-0.3, -0.25) is 4.79 Å². The van der Waals surface area contributed by atoms with Gasteiger partial charge in [-0.25, -0.2) is 4.98 Å². The third-order valence-corrected chi connectivity index (χ3v) is 3.81. The van der Waals surface area contributed by atoms with E-state index in [-0.39, 0.29) is 17.7 Å². The molecule has 21 heavy (non-hydrogen) atoms. The zero-order chi connectivity index (χ0) is 15.2. The molecule has 1 atom stereocenters. The summed E-state index contributed by atoms with van der Waals surface area (Å²) in [5, 5.41) is 3.46. The van der Waals surface area contributed by atoms with Gasteiger partial charge in [-0.1, -0.05) is 11.6 Å². The molecule has 1 fully saturated rings. The van der Waals surface area contributed by atoms with Crippen molar-refractivity contribution in [2.75, 3.05) is 32.1 Å². The Bertz CT molecular complexity index is 490. The average molecular weight is 312 g/mol. The van der Waals surface area contributed by atoms with Gasteiger partial charge in [0.1, 0.15) is 11.5 Å². The first-order chi connectivity index (χ1) is 10.1. The number of carbonyl (C=O) groups is 1. The monoisotopic (exact) mass is 311 g/mol. The minimum absolute atomic E-state index is 0.114. The number of halogens is 1. The Morgan fingerprint density at radius 2 is 2.33 bits per heavy atom. The van der Waals surface area contributed by atoms with Crippen LogP contribution in [0.5, 0.6) is 0 Å². The van der Waals surface area contributed by atoms with Crippen LogP contribution < -0.4 is 5.32 Å². The van der Waals surface area contributed by atoms with Gasteiger partial charge >= 0.3 is 0 Å². The van der Waals surface area contributed by atoms with Gasteiger partial charge in [-0.05, 0) is 38.3 Å². The zero-order valence-electron chi connectivity index (χ0n) is 12.6. The molecule has 0 radical (unpaired) electrons. The summed E-state index contributed by atoms with van der Waals surface area (Å²) in [6, 6.07) is 3.47. The second-order valence-electron chi connectivity index (χ2n) is 5.23. The van der Waals surface area contributed by atoms with Gasteiger partial charge in [0.05, 0.1) is 11.1 Å². The highest BCUT2D eigenvalue weighted by atomic mass is 35.5. The first kappa shape index (κ1) is 16.0. The number of hydrogen-bond acceptors (Lipinski definition) is 4. The van der Waals surface area contributed by atoms with Gasteiger partial charge < -0.3 is 15.0 Å². The Balaban J connectivity index is 2.05. The molecule has 1 saturated heterocycles. The lowest BCUT2D eigenvalue weighted by molar-refractivity contribution is -0.000283. The van der Waals surface area contributed by atoms with Crippen molar-refractivity contribution in [2.45, 2.75) is 32.3 Å². The number of likely N-dealkylation sites (N-methyl/N-ethyl adjacent to an activating group) is 1. The summed E-state index contributed by atoms with van der Waals surface area (Å²) in [5.74, 6) is 0.487. The molecule has 2 rings (SSSR count). The van der Waals surface area contributed by atoms with Crippen LogP contribution in [0.1, 0.15) is 36.7 Å². The van der Waals surface area contributed by atoms with Crippen LogP contribution in [0.25, 0.3) is 0 Å². The normalized spacial score (nSPS) is 18.3. The van der Waals surface area contributed by atoms with Gasteiger partial charge in [0.15, 0.2) is 0 Å². The molecule has 6 heteroatoms. The SMILES string of the molecule is CCNc1ccc(Cl)c(C(=O)N(C)CC2CCCCO2)n1. The summed E-state index contributed by atoms with van der Waals surface area (Å²) in [6.45, 7) is 4.07. The molecular weight excluding hydrogens is 290 g/mol. The fourth-order valence-corrected chi connectivity index (χ4v) is 2.58. The molecule has 1 unspecified atom stereocenters. The van der Waals surface area contributed by atoms with Crippen molar-refractivity contribution in [1.82, 2.24) is 9.88 Å². The van der Waals surface area contributed by atoms with E-state index in [1.807, 2.05) is 6.92 Å². The minimum Gasteiger partial charge on any atom is -0.376 e. The third kappa shape index (κ3) is 4.32. The summed E-state index contributed by atoms with van der Waals surface area (Å²) >= 11 is 6.11. The summed E-state index contributed by atoms with van der Waals surface area (Å²) in [5.41, 5.74) is 0.286. The summed E-state index contributed by atoms with van der Waals surface area (Å²) in [6.07, 6.45) is 3.37. The van der Waals surface area contributed by atoms with Crippen LogP contribution in [-0.4, -0.2) is 48.6 Å². The highest BCUT2D eigenvalue weighted by Gasteiger charge is 2.22. The minimum atomic E-state index is -0.172. The number of rotatable bonds is 5. The molecular formula is C15H22ClN3O2. The van der Waals surface area contributed by atoms with E-state index in [4.69, 9.17) is 16.3 Å². The maximum Gasteiger partial charge on any atom is 0.273 e. The van der Waals surface area contributed by atoms with E-state index < -0.39 is 0 Å². The third-order valence-electron chi connectivity index (χ3n) is 3.50. The van der Waals surface area contributed by atoms with Crippen LogP contribution in [0.3, 0.4) is 0 Å². The van der Waals surface area contributed by atoms with E-state index in [2.05, 4.69) is 10.3 Å². The number of hydrogen-bond donors (Lipinski definition) is 1. The molecule has 0 bridgehead atoms.